The fraction of sp³-hybridized carbons (Fsp3) is 1.00. The number of alkyl halides is 1. The molecular formula is C11H24BrNS. The Morgan fingerprint density at radius 2 is 1.71 bits per heavy atom. The van der Waals surface area contributed by atoms with E-state index in [2.05, 4.69) is 28.2 Å². The second-order valence-electron chi connectivity index (χ2n) is 3.40. The van der Waals surface area contributed by atoms with Crippen molar-refractivity contribution >= 4 is 27.7 Å². The van der Waals surface area contributed by atoms with E-state index in [9.17, 15) is 0 Å². The minimum absolute atomic E-state index is 1.16. The summed E-state index contributed by atoms with van der Waals surface area (Å²) in [5.41, 5.74) is 0. The molecule has 0 heterocycles. The van der Waals surface area contributed by atoms with Crippen molar-refractivity contribution in [1.82, 2.24) is 5.32 Å². The molecule has 0 aliphatic rings. The molecule has 0 aliphatic heterocycles. The third-order valence-corrected chi connectivity index (χ3v) is 3.63. The highest BCUT2D eigenvalue weighted by atomic mass is 79.9. The van der Waals surface area contributed by atoms with Gasteiger partial charge in [-0.3, -0.25) is 0 Å². The van der Waals surface area contributed by atoms with Gasteiger partial charge in [0.05, 0.1) is 0 Å². The van der Waals surface area contributed by atoms with Crippen LogP contribution in [0.25, 0.3) is 0 Å². The number of hydrogen-bond donors (Lipinski definition) is 1. The van der Waals surface area contributed by atoms with E-state index in [1.54, 1.807) is 0 Å². The number of thioether (sulfide) groups is 1. The van der Waals surface area contributed by atoms with Gasteiger partial charge < -0.3 is 5.32 Å². The van der Waals surface area contributed by atoms with E-state index in [-0.39, 0.29) is 0 Å². The lowest BCUT2D eigenvalue weighted by atomic mass is 10.2. The molecule has 0 bridgehead atoms. The maximum Gasteiger partial charge on any atom is 0.00313 e. The van der Waals surface area contributed by atoms with Crippen molar-refractivity contribution in [1.29, 1.82) is 0 Å². The molecule has 0 aliphatic carbocycles. The van der Waals surface area contributed by atoms with Gasteiger partial charge in [0, 0.05) is 5.33 Å². The van der Waals surface area contributed by atoms with Gasteiger partial charge >= 0.3 is 0 Å². The molecule has 1 nitrogen and oxygen atoms in total. The molecule has 0 aromatic carbocycles. The number of hydrogen-bond acceptors (Lipinski definition) is 2. The van der Waals surface area contributed by atoms with E-state index in [1.165, 1.54) is 56.7 Å². The Morgan fingerprint density at radius 3 is 2.43 bits per heavy atom. The summed E-state index contributed by atoms with van der Waals surface area (Å²) in [6.45, 7) is 4.63. The Kier molecular flexibility index (Phi) is 14.6. The molecule has 0 aromatic rings. The topological polar surface area (TPSA) is 12.0 Å². The number of halogens is 1. The van der Waals surface area contributed by atoms with E-state index in [0.29, 0.717) is 0 Å². The summed E-state index contributed by atoms with van der Waals surface area (Å²) in [4.78, 5) is 0. The first-order chi connectivity index (χ1) is 6.91. The summed E-state index contributed by atoms with van der Waals surface area (Å²) in [6.07, 6.45) is 6.74. The molecule has 0 amide bonds. The zero-order valence-electron chi connectivity index (χ0n) is 9.36. The second kappa shape index (κ2) is 13.8. The average Bonchev–Trinajstić information content (AvgIpc) is 2.21. The lowest BCUT2D eigenvalue weighted by Crippen LogP contribution is -2.17. The van der Waals surface area contributed by atoms with Gasteiger partial charge in [0.15, 0.2) is 0 Å². The van der Waals surface area contributed by atoms with Crippen molar-refractivity contribution in [2.75, 3.05) is 29.9 Å². The standard InChI is InChI=1S/C11H24BrNS/c1-2-14-11-7-10-13-9-6-4-3-5-8-12/h13H,2-11H2,1H3. The first-order valence-electron chi connectivity index (χ1n) is 5.76. The first kappa shape index (κ1) is 14.8. The molecule has 0 radical (unpaired) electrons. The average molecular weight is 282 g/mol. The van der Waals surface area contributed by atoms with Gasteiger partial charge in [-0.2, -0.15) is 11.8 Å². The maximum atomic E-state index is 3.50. The van der Waals surface area contributed by atoms with Crippen LogP contribution in [0.4, 0.5) is 0 Å². The van der Waals surface area contributed by atoms with E-state index >= 15 is 0 Å². The molecule has 86 valence electrons. The molecule has 0 spiro atoms. The van der Waals surface area contributed by atoms with Crippen LogP contribution in [0.15, 0.2) is 0 Å². The fourth-order valence-corrected chi connectivity index (χ4v) is 2.30. The smallest absolute Gasteiger partial charge is 0.00313 e. The van der Waals surface area contributed by atoms with Crippen LogP contribution in [0.3, 0.4) is 0 Å². The van der Waals surface area contributed by atoms with Gasteiger partial charge in [0.25, 0.3) is 0 Å². The van der Waals surface area contributed by atoms with Gasteiger partial charge in [-0.25, -0.2) is 0 Å². The summed E-state index contributed by atoms with van der Waals surface area (Å²) in [7, 11) is 0. The van der Waals surface area contributed by atoms with Crippen molar-refractivity contribution in [2.45, 2.75) is 39.0 Å². The van der Waals surface area contributed by atoms with Crippen LogP contribution < -0.4 is 5.32 Å². The van der Waals surface area contributed by atoms with Gasteiger partial charge in [-0.15, -0.1) is 0 Å². The van der Waals surface area contributed by atoms with Crippen molar-refractivity contribution in [3.05, 3.63) is 0 Å². The predicted octanol–water partition coefficient (Wildman–Crippen LogP) is 3.67. The highest BCUT2D eigenvalue weighted by Crippen LogP contribution is 2.01. The minimum atomic E-state index is 1.16. The van der Waals surface area contributed by atoms with Gasteiger partial charge in [0.2, 0.25) is 0 Å². The highest BCUT2D eigenvalue weighted by molar-refractivity contribution is 9.09. The molecule has 0 rings (SSSR count). The number of nitrogens with one attached hydrogen (secondary N) is 1. The lowest BCUT2D eigenvalue weighted by Gasteiger charge is -2.03. The minimum Gasteiger partial charge on any atom is -0.317 e. The Labute approximate surface area is 102 Å². The summed E-state index contributed by atoms with van der Waals surface area (Å²) >= 11 is 5.49. The monoisotopic (exact) mass is 281 g/mol. The number of unbranched alkanes of at least 4 members (excludes halogenated alkanes) is 3. The molecule has 0 atom stereocenters. The zero-order valence-corrected chi connectivity index (χ0v) is 11.8. The van der Waals surface area contributed by atoms with Crippen LogP contribution in [0.5, 0.6) is 0 Å². The molecule has 3 heteroatoms. The molecular weight excluding hydrogens is 258 g/mol. The Hall–Kier alpha value is 0.790. The molecule has 14 heavy (non-hydrogen) atoms. The Morgan fingerprint density at radius 1 is 1.00 bits per heavy atom. The number of rotatable bonds is 11. The molecule has 0 saturated heterocycles. The summed E-state index contributed by atoms with van der Waals surface area (Å²) in [6, 6.07) is 0. The van der Waals surface area contributed by atoms with E-state index in [0.717, 1.165) is 5.33 Å². The largest absolute Gasteiger partial charge is 0.317 e. The molecule has 0 saturated carbocycles. The molecule has 0 unspecified atom stereocenters. The third-order valence-electron chi connectivity index (χ3n) is 2.08. The summed E-state index contributed by atoms with van der Waals surface area (Å²) in [5, 5.41) is 4.66. The maximum absolute atomic E-state index is 3.50. The van der Waals surface area contributed by atoms with Crippen molar-refractivity contribution in [3.63, 3.8) is 0 Å². The van der Waals surface area contributed by atoms with Crippen molar-refractivity contribution in [3.8, 4) is 0 Å². The van der Waals surface area contributed by atoms with Gasteiger partial charge in [0.1, 0.15) is 0 Å². The van der Waals surface area contributed by atoms with E-state index in [4.69, 9.17) is 0 Å². The first-order valence-corrected chi connectivity index (χ1v) is 8.03. The van der Waals surface area contributed by atoms with E-state index in [1.807, 2.05) is 11.8 Å². The van der Waals surface area contributed by atoms with Crippen molar-refractivity contribution in [2.24, 2.45) is 0 Å². The lowest BCUT2D eigenvalue weighted by molar-refractivity contribution is 0.597. The fourth-order valence-electron chi connectivity index (χ4n) is 1.27. The van der Waals surface area contributed by atoms with Crippen LogP contribution in [0, 0.1) is 0 Å². The zero-order chi connectivity index (χ0) is 10.5. The van der Waals surface area contributed by atoms with Crippen LogP contribution in [-0.4, -0.2) is 29.9 Å². The quantitative estimate of drug-likeness (QED) is 0.458. The summed E-state index contributed by atoms with van der Waals surface area (Å²) in [5.74, 6) is 2.57. The predicted molar refractivity (Wildman–Crippen MR) is 72.7 cm³/mol. The van der Waals surface area contributed by atoms with Crippen LogP contribution >= 0.6 is 27.7 Å². The summed E-state index contributed by atoms with van der Waals surface area (Å²) < 4.78 is 0. The van der Waals surface area contributed by atoms with Crippen LogP contribution in [0.2, 0.25) is 0 Å². The molecule has 0 fully saturated rings. The SMILES string of the molecule is CCSCCCNCCCCCCBr. The Bertz CT molecular complexity index is 89.3. The van der Waals surface area contributed by atoms with Gasteiger partial charge in [-0.1, -0.05) is 35.7 Å². The van der Waals surface area contributed by atoms with Crippen molar-refractivity contribution < 1.29 is 0 Å². The molecule has 1 N–H and O–H groups in total. The Balaban J connectivity index is 2.78. The normalized spacial score (nSPS) is 10.7. The van der Waals surface area contributed by atoms with Crippen LogP contribution in [0.1, 0.15) is 39.0 Å². The van der Waals surface area contributed by atoms with E-state index < -0.39 is 0 Å². The molecule has 0 aromatic heterocycles. The second-order valence-corrected chi connectivity index (χ2v) is 5.59. The van der Waals surface area contributed by atoms with Crippen LogP contribution in [-0.2, 0) is 0 Å². The highest BCUT2D eigenvalue weighted by Gasteiger charge is 1.90. The third kappa shape index (κ3) is 12.8. The van der Waals surface area contributed by atoms with Gasteiger partial charge in [-0.05, 0) is 43.9 Å².